The van der Waals surface area contributed by atoms with Crippen LogP contribution in [0, 0.1) is 23.0 Å². The van der Waals surface area contributed by atoms with Gasteiger partial charge < -0.3 is 19.5 Å². The highest BCUT2D eigenvalue weighted by atomic mass is 32.2. The molecule has 9 heteroatoms. The van der Waals surface area contributed by atoms with Crippen LogP contribution < -0.4 is 5.32 Å². The summed E-state index contributed by atoms with van der Waals surface area (Å²) in [5.74, 6) is 2.31. The number of rotatable bonds is 15. The topological polar surface area (TPSA) is 63.6 Å². The first kappa shape index (κ1) is 42.0. The summed E-state index contributed by atoms with van der Waals surface area (Å²) in [5, 5.41) is 2.70. The second-order valence-electron chi connectivity index (χ2n) is 14.5. The number of likely N-dealkylation sites (tertiary alicyclic amines) is 1. The average molecular weight is 700 g/mol. The van der Waals surface area contributed by atoms with Gasteiger partial charge in [0.05, 0.1) is 0 Å². The molecule has 1 aliphatic heterocycles. The molecular formula is C40H59F2N3O3S. The summed E-state index contributed by atoms with van der Waals surface area (Å²) in [7, 11) is 2.11. The third-order valence-electron chi connectivity index (χ3n) is 8.89. The van der Waals surface area contributed by atoms with Crippen molar-refractivity contribution in [1.82, 2.24) is 14.8 Å². The Morgan fingerprint density at radius 1 is 1.04 bits per heavy atom. The summed E-state index contributed by atoms with van der Waals surface area (Å²) in [5.41, 5.74) is 3.19. The fourth-order valence-electron chi connectivity index (χ4n) is 5.45. The number of aromatic nitrogens is 1. The lowest BCUT2D eigenvalue weighted by Gasteiger charge is -2.32. The number of hydrogen-bond donors (Lipinski definition) is 1. The minimum absolute atomic E-state index is 0.0454. The molecule has 0 bridgehead atoms. The van der Waals surface area contributed by atoms with Gasteiger partial charge in [-0.3, -0.25) is 9.59 Å². The minimum atomic E-state index is -0.420. The van der Waals surface area contributed by atoms with Gasteiger partial charge in [0, 0.05) is 54.3 Å². The number of benzene rings is 2. The van der Waals surface area contributed by atoms with Crippen LogP contribution in [-0.4, -0.2) is 66.1 Å². The Hall–Kier alpha value is -3.17. The van der Waals surface area contributed by atoms with Crippen LogP contribution in [0.4, 0.5) is 8.78 Å². The maximum absolute atomic E-state index is 14.6. The highest BCUT2D eigenvalue weighted by Crippen LogP contribution is 2.40. The van der Waals surface area contributed by atoms with E-state index in [1.807, 2.05) is 56.9 Å². The van der Waals surface area contributed by atoms with Crippen LogP contribution in [0.2, 0.25) is 0 Å². The van der Waals surface area contributed by atoms with E-state index in [2.05, 4.69) is 67.7 Å². The number of nitrogens with zero attached hydrogens (tertiary/aromatic N) is 2. The van der Waals surface area contributed by atoms with Crippen molar-refractivity contribution in [3.05, 3.63) is 83.7 Å². The Balaban J connectivity index is 0.000000377. The van der Waals surface area contributed by atoms with Gasteiger partial charge in [-0.05, 0) is 93.6 Å². The van der Waals surface area contributed by atoms with Gasteiger partial charge in [-0.25, -0.2) is 8.78 Å². The van der Waals surface area contributed by atoms with E-state index in [0.717, 1.165) is 43.0 Å². The van der Waals surface area contributed by atoms with E-state index in [1.165, 1.54) is 55.3 Å². The van der Waals surface area contributed by atoms with E-state index in [4.69, 9.17) is 4.74 Å². The largest absolute Gasteiger partial charge is 0.462 e. The van der Waals surface area contributed by atoms with Gasteiger partial charge in [-0.1, -0.05) is 71.4 Å². The summed E-state index contributed by atoms with van der Waals surface area (Å²) in [6.07, 6.45) is 7.24. The lowest BCUT2D eigenvalue weighted by Crippen LogP contribution is -2.23. The fraction of sp³-hybridized carbons (Fsp3) is 0.550. The molecule has 2 aromatic carbocycles. The van der Waals surface area contributed by atoms with Gasteiger partial charge in [0.1, 0.15) is 17.2 Å². The molecule has 2 heterocycles. The molecule has 0 radical (unpaired) electrons. The summed E-state index contributed by atoms with van der Waals surface area (Å²) in [6, 6.07) is 16.0. The molecule has 0 spiro atoms. The Kier molecular flexibility index (Phi) is 18.1. The normalized spacial score (nSPS) is 15.3. The number of halogens is 2. The summed E-state index contributed by atoms with van der Waals surface area (Å²) >= 11 is 1.99. The highest BCUT2D eigenvalue weighted by Gasteiger charge is 2.30. The number of ether oxygens (including phenoxy) is 1. The van der Waals surface area contributed by atoms with Crippen molar-refractivity contribution in [1.29, 1.82) is 0 Å². The fourth-order valence-corrected chi connectivity index (χ4v) is 7.02. The number of amides is 1. The predicted octanol–water partition coefficient (Wildman–Crippen LogP) is 9.18. The molecule has 0 aliphatic carbocycles. The standard InChI is InChI=1S/C27H33F2NS.C7H14N2O.C6H12O2/c1-5-6-14-31-19-24(27(2,3)4)26-15-21(23-16-22(28)12-13-25(23)29)18-30(26)17-20-10-8-7-9-11-20;1-9-3-2-7(5-9)4-8-6-10;1-4-6(2,3)8-5-7/h7-13,15-16,18,24H,5-6,14,17,19H2,1-4H3;6-7H,2-5H2,1H3,(H,8,10);5H,4H2,1-3H3. The van der Waals surface area contributed by atoms with Gasteiger partial charge in [-0.15, -0.1) is 0 Å². The molecule has 1 N–H and O–H groups in total. The first-order valence-corrected chi connectivity index (χ1v) is 18.6. The highest BCUT2D eigenvalue weighted by molar-refractivity contribution is 7.99. The zero-order valence-corrected chi connectivity index (χ0v) is 31.8. The molecule has 1 saturated heterocycles. The van der Waals surface area contributed by atoms with E-state index in [1.54, 1.807) is 0 Å². The third kappa shape index (κ3) is 15.1. The van der Waals surface area contributed by atoms with Crippen molar-refractivity contribution in [3.63, 3.8) is 0 Å². The first-order valence-electron chi connectivity index (χ1n) is 17.5. The Morgan fingerprint density at radius 2 is 1.76 bits per heavy atom. The molecule has 2 unspecified atom stereocenters. The zero-order chi connectivity index (χ0) is 36.5. The molecule has 1 amide bonds. The summed E-state index contributed by atoms with van der Waals surface area (Å²) in [6.45, 7) is 19.1. The van der Waals surface area contributed by atoms with Crippen molar-refractivity contribution in [2.24, 2.45) is 11.3 Å². The van der Waals surface area contributed by atoms with Crippen molar-refractivity contribution < 1.29 is 23.1 Å². The molecule has 1 fully saturated rings. The smallest absolute Gasteiger partial charge is 0.293 e. The molecular weight excluding hydrogens is 641 g/mol. The van der Waals surface area contributed by atoms with E-state index >= 15 is 0 Å². The van der Waals surface area contributed by atoms with Gasteiger partial charge >= 0.3 is 0 Å². The van der Waals surface area contributed by atoms with Gasteiger partial charge in [0.15, 0.2) is 0 Å². The van der Waals surface area contributed by atoms with E-state index in [0.29, 0.717) is 30.4 Å². The quantitative estimate of drug-likeness (QED) is 0.127. The number of carbonyl (C=O) groups is 2. The minimum Gasteiger partial charge on any atom is -0.462 e. The SMILES string of the molecule is CCC(C)(C)OC=O.CCCCSCC(c1cc(-c2cc(F)ccc2F)cn1Cc1ccccc1)C(C)(C)C.CN1CCC(CNC=O)C1. The van der Waals surface area contributed by atoms with Crippen LogP contribution in [0.3, 0.4) is 0 Å². The summed E-state index contributed by atoms with van der Waals surface area (Å²) < 4.78 is 35.4. The molecule has 0 saturated carbocycles. The zero-order valence-electron chi connectivity index (χ0n) is 30.9. The molecule has 6 nitrogen and oxygen atoms in total. The van der Waals surface area contributed by atoms with Crippen LogP contribution in [0.25, 0.3) is 11.1 Å². The Bertz CT molecular complexity index is 1390. The maximum Gasteiger partial charge on any atom is 0.293 e. The first-order chi connectivity index (χ1) is 23.2. The predicted molar refractivity (Wildman–Crippen MR) is 201 cm³/mol. The average Bonchev–Trinajstić information content (AvgIpc) is 3.67. The monoisotopic (exact) mass is 699 g/mol. The number of carbonyl (C=O) groups excluding carboxylic acids is 2. The number of thioether (sulfide) groups is 1. The van der Waals surface area contributed by atoms with Crippen LogP contribution in [0.1, 0.15) is 91.3 Å². The summed E-state index contributed by atoms with van der Waals surface area (Å²) in [4.78, 5) is 22.0. The van der Waals surface area contributed by atoms with Crippen LogP contribution >= 0.6 is 11.8 Å². The second kappa shape index (κ2) is 21.1. The van der Waals surface area contributed by atoms with E-state index in [9.17, 15) is 18.4 Å². The van der Waals surface area contributed by atoms with Crippen LogP contribution in [0.5, 0.6) is 0 Å². The molecule has 2 atom stereocenters. The number of hydrogen-bond acceptors (Lipinski definition) is 5. The lowest BCUT2D eigenvalue weighted by molar-refractivity contribution is -0.140. The molecule has 3 aromatic rings. The molecule has 272 valence electrons. The Labute approximate surface area is 298 Å². The lowest BCUT2D eigenvalue weighted by atomic mass is 9.79. The maximum atomic E-state index is 14.6. The van der Waals surface area contributed by atoms with E-state index < -0.39 is 11.6 Å². The second-order valence-corrected chi connectivity index (χ2v) is 15.7. The van der Waals surface area contributed by atoms with Crippen molar-refractivity contribution >= 4 is 24.6 Å². The molecule has 1 aromatic heterocycles. The number of nitrogens with one attached hydrogen (secondary N) is 1. The Morgan fingerprint density at radius 3 is 2.31 bits per heavy atom. The molecule has 1 aliphatic rings. The third-order valence-corrected chi connectivity index (χ3v) is 10.0. The van der Waals surface area contributed by atoms with Gasteiger partial charge in [0.2, 0.25) is 6.41 Å². The van der Waals surface area contributed by atoms with Crippen molar-refractivity contribution in [3.8, 4) is 11.1 Å². The number of unbranched alkanes of at least 4 members (excludes halogenated alkanes) is 1. The van der Waals surface area contributed by atoms with Crippen LogP contribution in [0.15, 0.2) is 60.8 Å². The molecule has 4 rings (SSSR count). The molecule has 49 heavy (non-hydrogen) atoms. The van der Waals surface area contributed by atoms with E-state index in [-0.39, 0.29) is 11.0 Å². The van der Waals surface area contributed by atoms with Crippen LogP contribution in [-0.2, 0) is 20.9 Å². The van der Waals surface area contributed by atoms with Crippen molar-refractivity contribution in [2.45, 2.75) is 92.2 Å². The van der Waals surface area contributed by atoms with Gasteiger partial charge in [0.25, 0.3) is 6.47 Å². The van der Waals surface area contributed by atoms with Crippen molar-refractivity contribution in [2.75, 3.05) is 38.2 Å². The van der Waals surface area contributed by atoms with Gasteiger partial charge in [-0.2, -0.15) is 11.8 Å².